The Labute approximate surface area is 178 Å². The van der Waals surface area contributed by atoms with E-state index in [1.54, 1.807) is 12.1 Å². The number of primary amides is 1. The Hall–Kier alpha value is -3.44. The summed E-state index contributed by atoms with van der Waals surface area (Å²) in [6.45, 7) is -1.12. The summed E-state index contributed by atoms with van der Waals surface area (Å²) >= 11 is 0. The van der Waals surface area contributed by atoms with Gasteiger partial charge in [-0.1, -0.05) is 12.1 Å². The largest absolute Gasteiger partial charge is 0.495 e. The second-order valence-corrected chi connectivity index (χ2v) is 6.46. The van der Waals surface area contributed by atoms with Crippen molar-refractivity contribution in [3.63, 3.8) is 0 Å². The van der Waals surface area contributed by atoms with Crippen LogP contribution in [0.5, 0.6) is 11.5 Å². The molecule has 2 aromatic rings. The average Bonchev–Trinajstić information content (AvgIpc) is 2.71. The first-order chi connectivity index (χ1) is 14.8. The van der Waals surface area contributed by atoms with Crippen molar-refractivity contribution in [3.8, 4) is 11.5 Å². The van der Waals surface area contributed by atoms with Gasteiger partial charge >= 0.3 is 12.4 Å². The molecule has 2 aromatic carbocycles. The predicted octanol–water partition coefficient (Wildman–Crippen LogP) is 4.02. The number of nitrogens with two attached hydrogens (primary N) is 1. The Balaban J connectivity index is 2.31. The molecule has 2 amide bonds. The molecule has 0 atom stereocenters. The van der Waals surface area contributed by atoms with E-state index in [0.29, 0.717) is 12.1 Å². The van der Waals surface area contributed by atoms with Gasteiger partial charge in [-0.05, 0) is 30.3 Å². The van der Waals surface area contributed by atoms with Gasteiger partial charge in [0.25, 0.3) is 5.91 Å². The minimum atomic E-state index is -5.06. The number of amides is 2. The van der Waals surface area contributed by atoms with E-state index in [1.165, 1.54) is 19.2 Å². The lowest BCUT2D eigenvalue weighted by atomic mass is 10.1. The molecule has 0 heterocycles. The minimum Gasteiger partial charge on any atom is -0.495 e. The first-order valence-corrected chi connectivity index (χ1v) is 8.97. The van der Waals surface area contributed by atoms with Crippen molar-refractivity contribution in [2.75, 3.05) is 25.2 Å². The van der Waals surface area contributed by atoms with Crippen molar-refractivity contribution in [1.29, 1.82) is 0 Å². The average molecular weight is 464 g/mol. The number of para-hydroxylation sites is 2. The molecule has 12 heteroatoms. The maximum absolute atomic E-state index is 13.0. The van der Waals surface area contributed by atoms with Crippen LogP contribution in [0.25, 0.3) is 0 Å². The fraction of sp³-hybridized carbons (Fsp3) is 0.300. The number of halogens is 6. The van der Waals surface area contributed by atoms with Crippen molar-refractivity contribution >= 4 is 17.5 Å². The van der Waals surface area contributed by atoms with Crippen LogP contribution < -0.4 is 20.1 Å². The summed E-state index contributed by atoms with van der Waals surface area (Å²) in [6.07, 6.45) is -10.4. The monoisotopic (exact) mass is 464 g/mol. The molecule has 0 spiro atoms. The molecular weight excluding hydrogens is 446 g/mol. The Morgan fingerprint density at radius 2 is 1.53 bits per heavy atom. The molecule has 0 aliphatic rings. The molecule has 0 aliphatic heterocycles. The summed E-state index contributed by atoms with van der Waals surface area (Å²) in [7, 11) is 1.33. The number of hydrogen-bond acceptors (Lipinski definition) is 4. The third kappa shape index (κ3) is 6.53. The topological polar surface area (TPSA) is 81.9 Å². The van der Waals surface area contributed by atoms with Crippen molar-refractivity contribution in [1.82, 2.24) is 0 Å². The fourth-order valence-electron chi connectivity index (χ4n) is 2.69. The number of methoxy groups -OCH3 is 1. The first-order valence-electron chi connectivity index (χ1n) is 8.97. The predicted molar refractivity (Wildman–Crippen MR) is 101 cm³/mol. The number of anilines is 1. The van der Waals surface area contributed by atoms with Crippen LogP contribution in [0.3, 0.4) is 0 Å². The fourth-order valence-corrected chi connectivity index (χ4v) is 2.69. The van der Waals surface area contributed by atoms with Gasteiger partial charge in [0, 0.05) is 13.0 Å². The summed E-state index contributed by atoms with van der Waals surface area (Å²) in [4.78, 5) is 24.9. The first kappa shape index (κ1) is 24.8. The molecule has 174 valence electrons. The van der Waals surface area contributed by atoms with E-state index in [4.69, 9.17) is 15.2 Å². The number of benzene rings is 2. The highest BCUT2D eigenvalue weighted by molar-refractivity contribution is 5.96. The second-order valence-electron chi connectivity index (χ2n) is 6.46. The summed E-state index contributed by atoms with van der Waals surface area (Å²) in [5.74, 6) is -2.13. The normalized spacial score (nSPS) is 11.7. The molecule has 0 fully saturated rings. The summed E-state index contributed by atoms with van der Waals surface area (Å²) in [5, 5.41) is 0. The van der Waals surface area contributed by atoms with Gasteiger partial charge in [-0.25, -0.2) is 0 Å². The molecule has 0 aromatic heterocycles. The quantitative estimate of drug-likeness (QED) is 0.599. The highest BCUT2D eigenvalue weighted by Crippen LogP contribution is 2.38. The molecule has 0 unspecified atom stereocenters. The van der Waals surface area contributed by atoms with E-state index in [2.05, 4.69) is 0 Å². The number of nitrogens with zero attached hydrogens (tertiary/aromatic N) is 1. The van der Waals surface area contributed by atoms with Crippen molar-refractivity contribution < 1.29 is 45.4 Å². The molecule has 0 aliphatic carbocycles. The number of carbonyl (C=O) groups excluding carboxylic acids is 2. The lowest BCUT2D eigenvalue weighted by Gasteiger charge is -2.24. The van der Waals surface area contributed by atoms with Gasteiger partial charge in [-0.3, -0.25) is 9.59 Å². The molecule has 2 N–H and O–H groups in total. The number of ether oxygens (including phenoxy) is 2. The minimum absolute atomic E-state index is 0.0529. The molecule has 0 saturated heterocycles. The van der Waals surface area contributed by atoms with Crippen molar-refractivity contribution in [2.24, 2.45) is 5.73 Å². The van der Waals surface area contributed by atoms with Gasteiger partial charge in [0.1, 0.15) is 11.5 Å². The molecular formula is C20H18F6N2O4. The van der Waals surface area contributed by atoms with E-state index >= 15 is 0 Å². The van der Waals surface area contributed by atoms with Crippen LogP contribution in [0.4, 0.5) is 32.0 Å². The molecule has 32 heavy (non-hydrogen) atoms. The Morgan fingerprint density at radius 3 is 2.03 bits per heavy atom. The van der Waals surface area contributed by atoms with Crippen LogP contribution in [0.1, 0.15) is 17.5 Å². The smallest absolute Gasteiger partial charge is 0.416 e. The number of alkyl halides is 6. The highest BCUT2D eigenvalue weighted by Gasteiger charge is 2.37. The summed E-state index contributed by atoms with van der Waals surface area (Å²) < 4.78 is 88.1. The van der Waals surface area contributed by atoms with Crippen LogP contribution in [0.2, 0.25) is 0 Å². The van der Waals surface area contributed by atoms with Crippen LogP contribution in [-0.4, -0.2) is 32.1 Å². The third-order valence-corrected chi connectivity index (χ3v) is 4.18. The van der Waals surface area contributed by atoms with Crippen molar-refractivity contribution in [3.05, 3.63) is 53.6 Å². The zero-order valence-electron chi connectivity index (χ0n) is 16.6. The van der Waals surface area contributed by atoms with Crippen molar-refractivity contribution in [2.45, 2.75) is 18.8 Å². The van der Waals surface area contributed by atoms with E-state index < -0.39 is 47.7 Å². The molecule has 6 nitrogen and oxygen atoms in total. The van der Waals surface area contributed by atoms with Gasteiger partial charge in [0.15, 0.2) is 6.61 Å². The van der Waals surface area contributed by atoms with Crippen LogP contribution in [-0.2, 0) is 21.9 Å². The third-order valence-electron chi connectivity index (χ3n) is 4.18. The summed E-state index contributed by atoms with van der Waals surface area (Å²) in [5.41, 5.74) is 2.17. The Bertz CT molecular complexity index is 943. The van der Waals surface area contributed by atoms with Gasteiger partial charge in [0.05, 0.1) is 23.9 Å². The molecule has 0 saturated carbocycles. The van der Waals surface area contributed by atoms with Gasteiger partial charge in [-0.15, -0.1) is 0 Å². The van der Waals surface area contributed by atoms with E-state index in [9.17, 15) is 35.9 Å². The van der Waals surface area contributed by atoms with Gasteiger partial charge in [0.2, 0.25) is 5.91 Å². The Morgan fingerprint density at radius 1 is 0.969 bits per heavy atom. The number of hydrogen-bond donors (Lipinski definition) is 1. The highest BCUT2D eigenvalue weighted by atomic mass is 19.4. The Kier molecular flexibility index (Phi) is 7.60. The van der Waals surface area contributed by atoms with E-state index in [1.807, 2.05) is 0 Å². The standard InChI is InChI=1S/C20H18F6N2O4/c1-31-16-5-3-2-4-15(16)28(7-6-17(27)29)18(30)11-32-14-9-12(19(21,22)23)8-13(10-14)20(24,25)26/h2-5,8-10H,6-7,11H2,1H3,(H2,27,29). The summed E-state index contributed by atoms with van der Waals surface area (Å²) in [6, 6.07) is 6.83. The van der Waals surface area contributed by atoms with Gasteiger partial charge < -0.3 is 20.1 Å². The number of carbonyl (C=O) groups is 2. The molecule has 0 radical (unpaired) electrons. The van der Waals surface area contributed by atoms with E-state index in [-0.39, 0.29) is 30.5 Å². The zero-order valence-corrected chi connectivity index (χ0v) is 16.6. The number of rotatable bonds is 8. The zero-order chi connectivity index (χ0) is 24.1. The van der Waals surface area contributed by atoms with Crippen LogP contribution in [0, 0.1) is 0 Å². The molecule has 0 bridgehead atoms. The lowest BCUT2D eigenvalue weighted by molar-refractivity contribution is -0.143. The van der Waals surface area contributed by atoms with E-state index in [0.717, 1.165) is 4.90 Å². The maximum atomic E-state index is 13.0. The van der Waals surface area contributed by atoms with Crippen LogP contribution in [0.15, 0.2) is 42.5 Å². The second kappa shape index (κ2) is 9.79. The lowest BCUT2D eigenvalue weighted by Crippen LogP contribution is -2.37. The van der Waals surface area contributed by atoms with Gasteiger partial charge in [-0.2, -0.15) is 26.3 Å². The molecule has 2 rings (SSSR count). The van der Waals surface area contributed by atoms with Crippen LogP contribution >= 0.6 is 0 Å². The SMILES string of the molecule is COc1ccccc1N(CCC(N)=O)C(=O)COc1cc(C(F)(F)F)cc(C(F)(F)F)c1. The maximum Gasteiger partial charge on any atom is 0.416 e.